The Kier molecular flexibility index (Phi) is 7.26. The lowest BCUT2D eigenvalue weighted by molar-refractivity contribution is -0.127. The van der Waals surface area contributed by atoms with Crippen molar-refractivity contribution in [3.63, 3.8) is 0 Å². The third-order valence-electron chi connectivity index (χ3n) is 6.39. The van der Waals surface area contributed by atoms with Crippen LogP contribution in [-0.4, -0.2) is 40.2 Å². The Bertz CT molecular complexity index is 1590. The number of amides is 3. The van der Waals surface area contributed by atoms with Gasteiger partial charge < -0.3 is 14.6 Å². The van der Waals surface area contributed by atoms with Crippen molar-refractivity contribution in [2.45, 2.75) is 13.5 Å². The molecule has 0 aliphatic carbocycles. The highest BCUT2D eigenvalue weighted by Crippen LogP contribution is 2.36. The average molecular weight is 546 g/mol. The van der Waals surface area contributed by atoms with E-state index in [2.05, 4.69) is 9.88 Å². The number of ether oxygens (including phenoxy) is 1. The van der Waals surface area contributed by atoms with Gasteiger partial charge in [0.15, 0.2) is 0 Å². The molecule has 0 atom stereocenters. The summed E-state index contributed by atoms with van der Waals surface area (Å²) in [5.41, 5.74) is 4.30. The number of hydrogen-bond donors (Lipinski definition) is 1. The first-order valence-corrected chi connectivity index (χ1v) is 13.1. The van der Waals surface area contributed by atoms with Gasteiger partial charge in [-0.25, -0.2) is 0 Å². The molecule has 9 heteroatoms. The number of benzene rings is 3. The highest BCUT2D eigenvalue weighted by atomic mass is 35.5. The molecule has 2 heterocycles. The van der Waals surface area contributed by atoms with Gasteiger partial charge >= 0.3 is 0 Å². The van der Waals surface area contributed by atoms with Crippen molar-refractivity contribution in [3.8, 4) is 5.75 Å². The lowest BCUT2D eigenvalue weighted by Gasteiger charge is -2.12. The Morgan fingerprint density at radius 1 is 1.03 bits per heavy atom. The second kappa shape index (κ2) is 10.8. The van der Waals surface area contributed by atoms with E-state index >= 15 is 0 Å². The van der Waals surface area contributed by atoms with Gasteiger partial charge in [0.25, 0.3) is 11.1 Å². The van der Waals surface area contributed by atoms with E-state index in [0.717, 1.165) is 44.4 Å². The first-order valence-electron chi connectivity index (χ1n) is 11.9. The van der Waals surface area contributed by atoms with Crippen LogP contribution in [0.4, 0.5) is 10.5 Å². The van der Waals surface area contributed by atoms with E-state index in [4.69, 9.17) is 16.3 Å². The molecular weight excluding hydrogens is 522 g/mol. The Labute approximate surface area is 229 Å². The second-order valence-electron chi connectivity index (χ2n) is 8.74. The molecule has 4 aromatic rings. The highest BCUT2D eigenvalue weighted by molar-refractivity contribution is 8.18. The minimum atomic E-state index is -0.493. The van der Waals surface area contributed by atoms with Crippen molar-refractivity contribution in [3.05, 3.63) is 99.5 Å². The molecular formula is C29H24ClN3O4S. The van der Waals surface area contributed by atoms with Gasteiger partial charge in [-0.15, -0.1) is 0 Å². The first-order chi connectivity index (χ1) is 18.4. The molecule has 0 spiro atoms. The van der Waals surface area contributed by atoms with Gasteiger partial charge in [0.2, 0.25) is 5.91 Å². The number of fused-ring (bicyclic) bond motifs is 1. The normalized spacial score (nSPS) is 14.5. The second-order valence-corrected chi connectivity index (χ2v) is 10.1. The smallest absolute Gasteiger partial charge is 0.294 e. The molecule has 0 radical (unpaired) electrons. The van der Waals surface area contributed by atoms with Crippen LogP contribution in [0.2, 0.25) is 5.02 Å². The number of carbonyl (C=O) groups excluding carboxylic acids is 3. The summed E-state index contributed by atoms with van der Waals surface area (Å²) < 4.78 is 7.26. The van der Waals surface area contributed by atoms with E-state index in [-0.39, 0.29) is 11.4 Å². The fourth-order valence-electron chi connectivity index (χ4n) is 4.43. The third-order valence-corrected chi connectivity index (χ3v) is 7.67. The number of nitrogens with zero attached hydrogens (tertiary/aromatic N) is 2. The SMILES string of the molecule is COc1ccc(NC(=O)CN2C(=O)S/C(=C\c3c(C)n(Cc4ccccc4Cl)c4ccccc34)C2=O)cc1. The summed E-state index contributed by atoms with van der Waals surface area (Å²) in [7, 11) is 1.55. The Balaban J connectivity index is 1.40. The molecule has 3 aromatic carbocycles. The average Bonchev–Trinajstić information content (AvgIpc) is 3.33. The molecule has 1 aromatic heterocycles. The maximum atomic E-state index is 13.2. The van der Waals surface area contributed by atoms with E-state index in [9.17, 15) is 14.4 Å². The number of nitrogens with one attached hydrogen (secondary N) is 1. The number of hydrogen-bond acceptors (Lipinski definition) is 5. The molecule has 0 unspecified atom stereocenters. The number of methoxy groups -OCH3 is 1. The molecule has 1 saturated heterocycles. The van der Waals surface area contributed by atoms with E-state index < -0.39 is 17.1 Å². The van der Waals surface area contributed by atoms with E-state index in [0.29, 0.717) is 23.0 Å². The predicted molar refractivity (Wildman–Crippen MR) is 152 cm³/mol. The van der Waals surface area contributed by atoms with Gasteiger partial charge in [-0.05, 0) is 66.7 Å². The summed E-state index contributed by atoms with van der Waals surface area (Å²) in [4.78, 5) is 39.7. The lowest BCUT2D eigenvalue weighted by atomic mass is 10.1. The van der Waals surface area contributed by atoms with Crippen molar-refractivity contribution in [2.75, 3.05) is 19.0 Å². The minimum absolute atomic E-state index is 0.274. The molecule has 1 aliphatic rings. The van der Waals surface area contributed by atoms with Crippen LogP contribution in [0.5, 0.6) is 5.75 Å². The van der Waals surface area contributed by atoms with Crippen molar-refractivity contribution < 1.29 is 19.1 Å². The molecule has 7 nitrogen and oxygen atoms in total. The van der Waals surface area contributed by atoms with Gasteiger partial charge in [0.05, 0.1) is 12.0 Å². The molecule has 192 valence electrons. The summed E-state index contributed by atoms with van der Waals surface area (Å²) in [6, 6.07) is 22.4. The van der Waals surface area contributed by atoms with Crippen molar-refractivity contribution in [1.82, 2.24) is 9.47 Å². The van der Waals surface area contributed by atoms with Crippen LogP contribution < -0.4 is 10.1 Å². The van der Waals surface area contributed by atoms with Gasteiger partial charge in [-0.1, -0.05) is 48.0 Å². The van der Waals surface area contributed by atoms with Gasteiger partial charge in [0, 0.05) is 39.4 Å². The molecule has 5 rings (SSSR count). The molecule has 0 saturated carbocycles. The number of imide groups is 1. The molecule has 1 fully saturated rings. The van der Waals surface area contributed by atoms with Crippen LogP contribution in [0, 0.1) is 6.92 Å². The fraction of sp³-hybridized carbons (Fsp3) is 0.138. The van der Waals surface area contributed by atoms with Gasteiger partial charge in [-0.2, -0.15) is 0 Å². The molecule has 3 amide bonds. The van der Waals surface area contributed by atoms with Gasteiger partial charge in [0.1, 0.15) is 12.3 Å². The predicted octanol–water partition coefficient (Wildman–Crippen LogP) is 6.34. The topological polar surface area (TPSA) is 80.6 Å². The summed E-state index contributed by atoms with van der Waals surface area (Å²) in [6.45, 7) is 2.17. The van der Waals surface area contributed by atoms with Crippen LogP contribution in [0.15, 0.2) is 77.7 Å². The zero-order valence-electron chi connectivity index (χ0n) is 20.7. The first kappa shape index (κ1) is 25.6. The van der Waals surface area contributed by atoms with Crippen molar-refractivity contribution in [2.24, 2.45) is 0 Å². The van der Waals surface area contributed by atoms with E-state index in [1.54, 1.807) is 37.5 Å². The van der Waals surface area contributed by atoms with Crippen LogP contribution in [-0.2, 0) is 16.1 Å². The standard InChI is InChI=1S/C29H24ClN3O4S/c1-18-23(22-8-4-6-10-25(22)32(18)16-19-7-3-5-9-24(19)30)15-26-28(35)33(29(36)38-26)17-27(34)31-20-11-13-21(37-2)14-12-20/h3-15H,16-17H2,1-2H3,(H,31,34)/b26-15-. The zero-order valence-corrected chi connectivity index (χ0v) is 22.3. The van der Waals surface area contributed by atoms with Crippen LogP contribution in [0.25, 0.3) is 17.0 Å². The number of halogens is 1. The molecule has 0 bridgehead atoms. The summed E-state index contributed by atoms with van der Waals surface area (Å²) in [6.07, 6.45) is 1.74. The third kappa shape index (κ3) is 5.05. The quantitative estimate of drug-likeness (QED) is 0.274. The van der Waals surface area contributed by atoms with Crippen molar-refractivity contribution in [1.29, 1.82) is 0 Å². The van der Waals surface area contributed by atoms with Crippen LogP contribution in [0.1, 0.15) is 16.8 Å². The number of carbonyl (C=O) groups is 3. The lowest BCUT2D eigenvalue weighted by Crippen LogP contribution is -2.36. The van der Waals surface area contributed by atoms with Crippen molar-refractivity contribution >= 4 is 63.1 Å². The Morgan fingerprint density at radius 2 is 1.74 bits per heavy atom. The summed E-state index contributed by atoms with van der Waals surface area (Å²) >= 11 is 7.26. The Morgan fingerprint density at radius 3 is 2.47 bits per heavy atom. The summed E-state index contributed by atoms with van der Waals surface area (Å²) in [5.74, 6) is -0.305. The number of anilines is 1. The van der Waals surface area contributed by atoms with Gasteiger partial charge in [-0.3, -0.25) is 19.3 Å². The van der Waals surface area contributed by atoms with Crippen LogP contribution in [0.3, 0.4) is 0 Å². The number of thioether (sulfide) groups is 1. The molecule has 1 N–H and O–H groups in total. The monoisotopic (exact) mass is 545 g/mol. The van der Waals surface area contributed by atoms with E-state index in [1.165, 1.54) is 0 Å². The number of para-hydroxylation sites is 1. The Hall–Kier alpha value is -4.01. The molecule has 1 aliphatic heterocycles. The zero-order chi connectivity index (χ0) is 26.8. The van der Waals surface area contributed by atoms with Crippen LogP contribution >= 0.6 is 23.4 Å². The van der Waals surface area contributed by atoms with E-state index in [1.807, 2.05) is 55.5 Å². The molecule has 38 heavy (non-hydrogen) atoms. The maximum Gasteiger partial charge on any atom is 0.294 e. The largest absolute Gasteiger partial charge is 0.497 e. The summed E-state index contributed by atoms with van der Waals surface area (Å²) in [5, 5.41) is 3.86. The number of aromatic nitrogens is 1. The maximum absolute atomic E-state index is 13.2. The highest BCUT2D eigenvalue weighted by Gasteiger charge is 2.36. The fourth-order valence-corrected chi connectivity index (χ4v) is 5.44. The number of rotatable bonds is 7. The minimum Gasteiger partial charge on any atom is -0.497 e.